The Morgan fingerprint density at radius 3 is 2.68 bits per heavy atom. The van der Waals surface area contributed by atoms with Crippen LogP contribution >= 0.6 is 0 Å². The zero-order valence-electron chi connectivity index (χ0n) is 14.1. The van der Waals surface area contributed by atoms with Crippen LogP contribution in [-0.4, -0.2) is 67.2 Å². The third-order valence-electron chi connectivity index (χ3n) is 4.98. The number of aromatic nitrogens is 2. The largest absolute Gasteiger partial charge is 0.378 e. The van der Waals surface area contributed by atoms with Gasteiger partial charge < -0.3 is 19.9 Å². The summed E-state index contributed by atoms with van der Waals surface area (Å²) in [6.45, 7) is 8.84. The molecule has 2 saturated heterocycles. The molecular weight excluding hydrogens is 278 g/mol. The minimum atomic E-state index is 0.684. The van der Waals surface area contributed by atoms with Crippen LogP contribution < -0.4 is 10.2 Å². The Hall–Kier alpha value is -1.11. The number of ether oxygens (including phenoxy) is 1. The highest BCUT2D eigenvalue weighted by Gasteiger charge is 2.23. The molecule has 0 saturated carbocycles. The van der Waals surface area contributed by atoms with Crippen molar-refractivity contribution in [2.24, 2.45) is 7.05 Å². The quantitative estimate of drug-likeness (QED) is 0.870. The SMILES string of the molecule is Cc1nn(C)c(N2CCOCC2)c1CNCC1CCCN1C. The molecule has 2 aliphatic rings. The van der Waals surface area contributed by atoms with Crippen LogP contribution in [0.3, 0.4) is 0 Å². The van der Waals surface area contributed by atoms with Crippen LogP contribution in [0.5, 0.6) is 0 Å². The molecule has 6 nitrogen and oxygen atoms in total. The first-order chi connectivity index (χ1) is 10.7. The monoisotopic (exact) mass is 307 g/mol. The number of morpholine rings is 1. The normalized spacial score (nSPS) is 23.4. The molecule has 0 amide bonds. The zero-order chi connectivity index (χ0) is 15.5. The summed E-state index contributed by atoms with van der Waals surface area (Å²) in [6, 6.07) is 0.684. The Morgan fingerprint density at radius 1 is 1.23 bits per heavy atom. The Bertz CT molecular complexity index is 495. The lowest BCUT2D eigenvalue weighted by Gasteiger charge is -2.29. The van der Waals surface area contributed by atoms with E-state index in [9.17, 15) is 0 Å². The van der Waals surface area contributed by atoms with Crippen LogP contribution in [0.15, 0.2) is 0 Å². The van der Waals surface area contributed by atoms with Gasteiger partial charge in [0.15, 0.2) is 0 Å². The van der Waals surface area contributed by atoms with Crippen molar-refractivity contribution in [3.05, 3.63) is 11.3 Å². The van der Waals surface area contributed by atoms with Crippen molar-refractivity contribution in [1.82, 2.24) is 20.0 Å². The minimum Gasteiger partial charge on any atom is -0.378 e. The first-order valence-corrected chi connectivity index (χ1v) is 8.43. The van der Waals surface area contributed by atoms with Crippen molar-refractivity contribution in [2.45, 2.75) is 32.4 Å². The van der Waals surface area contributed by atoms with Gasteiger partial charge in [-0.2, -0.15) is 5.10 Å². The summed E-state index contributed by atoms with van der Waals surface area (Å²) in [4.78, 5) is 4.87. The van der Waals surface area contributed by atoms with E-state index in [1.165, 1.54) is 30.8 Å². The summed E-state index contributed by atoms with van der Waals surface area (Å²) in [6.07, 6.45) is 2.64. The lowest BCUT2D eigenvalue weighted by atomic mass is 10.2. The average molecular weight is 307 g/mol. The minimum absolute atomic E-state index is 0.684. The molecule has 0 bridgehead atoms. The molecule has 1 N–H and O–H groups in total. The van der Waals surface area contributed by atoms with Gasteiger partial charge in [0.1, 0.15) is 5.82 Å². The number of aryl methyl sites for hydroxylation is 2. The second-order valence-corrected chi connectivity index (χ2v) is 6.52. The molecule has 6 heteroatoms. The van der Waals surface area contributed by atoms with Crippen LogP contribution in [0.2, 0.25) is 0 Å². The molecule has 1 aromatic heterocycles. The fourth-order valence-electron chi connectivity index (χ4n) is 3.67. The molecular formula is C16H29N5O. The predicted octanol–water partition coefficient (Wildman–Crippen LogP) is 0.749. The topological polar surface area (TPSA) is 45.6 Å². The second-order valence-electron chi connectivity index (χ2n) is 6.52. The third kappa shape index (κ3) is 3.29. The lowest BCUT2D eigenvalue weighted by Crippen LogP contribution is -2.39. The number of nitrogens with zero attached hydrogens (tertiary/aromatic N) is 4. The van der Waals surface area contributed by atoms with Crippen LogP contribution in [-0.2, 0) is 18.3 Å². The van der Waals surface area contributed by atoms with Crippen molar-refractivity contribution in [1.29, 1.82) is 0 Å². The van der Waals surface area contributed by atoms with E-state index in [-0.39, 0.29) is 0 Å². The van der Waals surface area contributed by atoms with Crippen LogP contribution in [0.25, 0.3) is 0 Å². The first-order valence-electron chi connectivity index (χ1n) is 8.43. The van der Waals surface area contributed by atoms with Gasteiger partial charge in [0.25, 0.3) is 0 Å². The fraction of sp³-hybridized carbons (Fsp3) is 0.812. The Morgan fingerprint density at radius 2 is 2.00 bits per heavy atom. The molecule has 0 spiro atoms. The number of rotatable bonds is 5. The van der Waals surface area contributed by atoms with Crippen molar-refractivity contribution >= 4 is 5.82 Å². The molecule has 1 unspecified atom stereocenters. The maximum Gasteiger partial charge on any atom is 0.131 e. The number of likely N-dealkylation sites (tertiary alicyclic amines) is 1. The van der Waals surface area contributed by atoms with E-state index >= 15 is 0 Å². The van der Waals surface area contributed by atoms with E-state index < -0.39 is 0 Å². The van der Waals surface area contributed by atoms with Gasteiger partial charge in [-0.15, -0.1) is 0 Å². The van der Waals surface area contributed by atoms with Gasteiger partial charge in [0, 0.05) is 44.8 Å². The molecule has 0 aromatic carbocycles. The van der Waals surface area contributed by atoms with Gasteiger partial charge >= 0.3 is 0 Å². The van der Waals surface area contributed by atoms with Crippen LogP contribution in [0.1, 0.15) is 24.1 Å². The summed E-state index contributed by atoms with van der Waals surface area (Å²) in [5.41, 5.74) is 2.47. The predicted molar refractivity (Wildman–Crippen MR) is 88.3 cm³/mol. The highest BCUT2D eigenvalue weighted by Crippen LogP contribution is 2.24. The highest BCUT2D eigenvalue weighted by atomic mass is 16.5. The van der Waals surface area contributed by atoms with Gasteiger partial charge in [-0.25, -0.2) is 0 Å². The number of hydrogen-bond acceptors (Lipinski definition) is 5. The van der Waals surface area contributed by atoms with Gasteiger partial charge in [-0.05, 0) is 33.4 Å². The number of nitrogens with one attached hydrogen (secondary N) is 1. The van der Waals surface area contributed by atoms with Gasteiger partial charge in [0.05, 0.1) is 18.9 Å². The Balaban J connectivity index is 1.64. The zero-order valence-corrected chi connectivity index (χ0v) is 14.1. The third-order valence-corrected chi connectivity index (χ3v) is 4.98. The molecule has 0 aliphatic carbocycles. The Labute approximate surface area is 133 Å². The fourth-order valence-corrected chi connectivity index (χ4v) is 3.67. The molecule has 0 radical (unpaired) electrons. The van der Waals surface area contributed by atoms with Gasteiger partial charge in [0.2, 0.25) is 0 Å². The van der Waals surface area contributed by atoms with Gasteiger partial charge in [-0.1, -0.05) is 0 Å². The first kappa shape index (κ1) is 15.8. The standard InChI is InChI=1S/C16H29N5O/c1-13-15(12-17-11-14-5-4-6-19(14)2)16(20(3)18-13)21-7-9-22-10-8-21/h14,17H,4-12H2,1-3H3. The summed E-state index contributed by atoms with van der Waals surface area (Å²) >= 11 is 0. The van der Waals surface area contributed by atoms with Crippen molar-refractivity contribution in [3.63, 3.8) is 0 Å². The molecule has 1 atom stereocenters. The number of hydrogen-bond donors (Lipinski definition) is 1. The summed E-state index contributed by atoms with van der Waals surface area (Å²) < 4.78 is 7.50. The molecule has 3 heterocycles. The van der Waals surface area contributed by atoms with E-state index in [2.05, 4.69) is 34.2 Å². The molecule has 124 valence electrons. The number of likely N-dealkylation sites (N-methyl/N-ethyl adjacent to an activating group) is 1. The van der Waals surface area contributed by atoms with Crippen molar-refractivity contribution in [2.75, 3.05) is 51.3 Å². The van der Waals surface area contributed by atoms with E-state index in [0.29, 0.717) is 6.04 Å². The van der Waals surface area contributed by atoms with Gasteiger partial charge in [-0.3, -0.25) is 4.68 Å². The average Bonchev–Trinajstić information content (AvgIpc) is 3.04. The maximum absolute atomic E-state index is 5.48. The molecule has 1 aromatic rings. The second kappa shape index (κ2) is 6.98. The summed E-state index contributed by atoms with van der Waals surface area (Å²) in [5.74, 6) is 1.26. The molecule has 22 heavy (non-hydrogen) atoms. The smallest absolute Gasteiger partial charge is 0.131 e. The van der Waals surface area contributed by atoms with Crippen LogP contribution in [0, 0.1) is 6.92 Å². The highest BCUT2D eigenvalue weighted by molar-refractivity contribution is 5.50. The van der Waals surface area contributed by atoms with E-state index in [1.54, 1.807) is 0 Å². The van der Waals surface area contributed by atoms with Crippen molar-refractivity contribution in [3.8, 4) is 0 Å². The molecule has 2 fully saturated rings. The summed E-state index contributed by atoms with van der Waals surface area (Å²) in [7, 11) is 4.28. The van der Waals surface area contributed by atoms with Crippen molar-refractivity contribution < 1.29 is 4.74 Å². The maximum atomic E-state index is 5.48. The molecule has 3 rings (SSSR count). The molecule has 2 aliphatic heterocycles. The van der Waals surface area contributed by atoms with E-state index in [1.807, 2.05) is 11.7 Å². The van der Waals surface area contributed by atoms with E-state index in [4.69, 9.17) is 4.74 Å². The van der Waals surface area contributed by atoms with E-state index in [0.717, 1.165) is 45.1 Å². The lowest BCUT2D eigenvalue weighted by molar-refractivity contribution is 0.122. The number of anilines is 1. The van der Waals surface area contributed by atoms with Crippen LogP contribution in [0.4, 0.5) is 5.82 Å². The Kier molecular flexibility index (Phi) is 5.00. The summed E-state index contributed by atoms with van der Waals surface area (Å²) in [5, 5.41) is 8.29.